The molecule has 0 spiro atoms. The van der Waals surface area contributed by atoms with Gasteiger partial charge in [-0.3, -0.25) is 4.79 Å². The fraction of sp³-hybridized carbons (Fsp3) is 0.235. The molecule has 98 valence electrons. The second kappa shape index (κ2) is 5.27. The van der Waals surface area contributed by atoms with Gasteiger partial charge in [0, 0.05) is 11.1 Å². The van der Waals surface area contributed by atoms with Gasteiger partial charge in [-0.15, -0.1) is 0 Å². The molecule has 0 unspecified atom stereocenters. The summed E-state index contributed by atoms with van der Waals surface area (Å²) < 4.78 is 5.27. The molecule has 0 aliphatic heterocycles. The third-order valence-electron chi connectivity index (χ3n) is 3.27. The van der Waals surface area contributed by atoms with Crippen LogP contribution in [-0.4, -0.2) is 12.9 Å². The number of aryl methyl sites for hydroxylation is 3. The molecule has 2 heteroatoms. The van der Waals surface area contributed by atoms with Gasteiger partial charge in [0.1, 0.15) is 5.75 Å². The number of ether oxygens (including phenoxy) is 1. The van der Waals surface area contributed by atoms with Gasteiger partial charge < -0.3 is 4.74 Å². The Morgan fingerprint density at radius 2 is 1.74 bits per heavy atom. The van der Waals surface area contributed by atoms with Crippen molar-refractivity contribution in [1.82, 2.24) is 0 Å². The van der Waals surface area contributed by atoms with Crippen LogP contribution in [0.5, 0.6) is 5.75 Å². The Morgan fingerprint density at radius 1 is 1.00 bits per heavy atom. The van der Waals surface area contributed by atoms with Crippen LogP contribution >= 0.6 is 0 Å². The van der Waals surface area contributed by atoms with E-state index in [1.54, 1.807) is 7.11 Å². The number of ketones is 1. The van der Waals surface area contributed by atoms with Gasteiger partial charge in [-0.25, -0.2) is 0 Å². The van der Waals surface area contributed by atoms with Gasteiger partial charge >= 0.3 is 0 Å². The Hall–Kier alpha value is -2.09. The number of carbonyl (C=O) groups is 1. The molecule has 2 aromatic rings. The van der Waals surface area contributed by atoms with E-state index in [1.165, 1.54) is 0 Å². The van der Waals surface area contributed by atoms with Gasteiger partial charge in [-0.2, -0.15) is 0 Å². The smallest absolute Gasteiger partial charge is 0.193 e. The monoisotopic (exact) mass is 254 g/mol. The maximum Gasteiger partial charge on any atom is 0.193 e. The molecule has 19 heavy (non-hydrogen) atoms. The molecular weight excluding hydrogens is 236 g/mol. The molecule has 0 fully saturated rings. The van der Waals surface area contributed by atoms with Crippen molar-refractivity contribution < 1.29 is 9.53 Å². The molecule has 0 aromatic heterocycles. The van der Waals surface area contributed by atoms with Crippen LogP contribution in [0.2, 0.25) is 0 Å². The average Bonchev–Trinajstić information content (AvgIpc) is 2.40. The van der Waals surface area contributed by atoms with E-state index in [9.17, 15) is 4.79 Å². The van der Waals surface area contributed by atoms with Gasteiger partial charge in [-0.05, 0) is 50.1 Å². The molecule has 0 saturated heterocycles. The number of hydrogen-bond donors (Lipinski definition) is 0. The summed E-state index contributed by atoms with van der Waals surface area (Å²) in [7, 11) is 1.64. The van der Waals surface area contributed by atoms with Crippen LogP contribution in [0.15, 0.2) is 36.4 Å². The van der Waals surface area contributed by atoms with E-state index in [0.717, 1.165) is 33.6 Å². The minimum atomic E-state index is 0.0620. The Balaban J connectivity index is 2.47. The summed E-state index contributed by atoms with van der Waals surface area (Å²) in [5.74, 6) is 0.880. The zero-order chi connectivity index (χ0) is 14.0. The highest BCUT2D eigenvalue weighted by atomic mass is 16.5. The number of hydrogen-bond acceptors (Lipinski definition) is 2. The van der Waals surface area contributed by atoms with E-state index in [2.05, 4.69) is 0 Å². The minimum absolute atomic E-state index is 0.0620. The minimum Gasteiger partial charge on any atom is -0.496 e. The van der Waals surface area contributed by atoms with Crippen molar-refractivity contribution in [2.24, 2.45) is 0 Å². The molecule has 0 atom stereocenters. The van der Waals surface area contributed by atoms with Crippen molar-refractivity contribution in [1.29, 1.82) is 0 Å². The topological polar surface area (TPSA) is 26.3 Å². The second-order valence-electron chi connectivity index (χ2n) is 4.84. The van der Waals surface area contributed by atoms with Crippen LogP contribution in [0, 0.1) is 20.8 Å². The van der Waals surface area contributed by atoms with Crippen LogP contribution in [0.25, 0.3) is 0 Å². The molecule has 0 N–H and O–H groups in total. The fourth-order valence-electron chi connectivity index (χ4n) is 2.20. The van der Waals surface area contributed by atoms with E-state index in [0.29, 0.717) is 0 Å². The number of rotatable bonds is 3. The van der Waals surface area contributed by atoms with Gasteiger partial charge in [-0.1, -0.05) is 23.8 Å². The quantitative estimate of drug-likeness (QED) is 0.778. The summed E-state index contributed by atoms with van der Waals surface area (Å²) >= 11 is 0. The predicted octanol–water partition coefficient (Wildman–Crippen LogP) is 3.85. The van der Waals surface area contributed by atoms with E-state index < -0.39 is 0 Å². The number of benzene rings is 2. The van der Waals surface area contributed by atoms with Crippen molar-refractivity contribution in [2.45, 2.75) is 20.8 Å². The standard InChI is InChI=1S/C17H18O2/c1-11-6-5-7-14(8-11)17(18)15-9-13(3)16(19-4)10-12(15)2/h5-10H,1-4H3. The zero-order valence-corrected chi connectivity index (χ0v) is 11.8. The summed E-state index contributed by atoms with van der Waals surface area (Å²) in [6.07, 6.45) is 0. The summed E-state index contributed by atoms with van der Waals surface area (Å²) in [4.78, 5) is 12.5. The van der Waals surface area contributed by atoms with Crippen LogP contribution in [0.1, 0.15) is 32.6 Å². The second-order valence-corrected chi connectivity index (χ2v) is 4.84. The van der Waals surface area contributed by atoms with E-state index in [1.807, 2.05) is 57.2 Å². The van der Waals surface area contributed by atoms with Gasteiger partial charge in [0.15, 0.2) is 5.78 Å². The molecule has 2 rings (SSSR count). The Bertz CT molecular complexity index is 627. The highest BCUT2D eigenvalue weighted by Crippen LogP contribution is 2.24. The largest absolute Gasteiger partial charge is 0.496 e. The third-order valence-corrected chi connectivity index (χ3v) is 3.27. The summed E-state index contributed by atoms with van der Waals surface area (Å²) in [6, 6.07) is 11.5. The molecule has 0 aliphatic rings. The number of methoxy groups -OCH3 is 1. The van der Waals surface area contributed by atoms with E-state index in [-0.39, 0.29) is 5.78 Å². The molecule has 0 aliphatic carbocycles. The Labute approximate surface area is 114 Å². The van der Waals surface area contributed by atoms with Crippen molar-refractivity contribution in [3.63, 3.8) is 0 Å². The van der Waals surface area contributed by atoms with Crippen molar-refractivity contribution >= 4 is 5.78 Å². The average molecular weight is 254 g/mol. The molecule has 2 aromatic carbocycles. The van der Waals surface area contributed by atoms with E-state index >= 15 is 0 Å². The first-order chi connectivity index (χ1) is 9.02. The molecule has 0 amide bonds. The summed E-state index contributed by atoms with van der Waals surface area (Å²) in [5.41, 5.74) is 4.48. The molecule has 0 bridgehead atoms. The maximum absolute atomic E-state index is 12.5. The third kappa shape index (κ3) is 2.68. The first-order valence-electron chi connectivity index (χ1n) is 6.29. The first kappa shape index (κ1) is 13.3. The molecule has 2 nitrogen and oxygen atoms in total. The summed E-state index contributed by atoms with van der Waals surface area (Å²) in [6.45, 7) is 5.87. The lowest BCUT2D eigenvalue weighted by molar-refractivity contribution is 0.103. The molecular formula is C17H18O2. The van der Waals surface area contributed by atoms with Crippen molar-refractivity contribution in [2.75, 3.05) is 7.11 Å². The lowest BCUT2D eigenvalue weighted by atomic mass is 9.96. The van der Waals surface area contributed by atoms with Crippen LogP contribution < -0.4 is 4.74 Å². The highest BCUT2D eigenvalue weighted by Gasteiger charge is 2.14. The van der Waals surface area contributed by atoms with Crippen molar-refractivity contribution in [3.8, 4) is 5.75 Å². The maximum atomic E-state index is 12.5. The normalized spacial score (nSPS) is 10.3. The number of carbonyl (C=O) groups excluding carboxylic acids is 1. The molecule has 0 radical (unpaired) electrons. The molecule has 0 saturated carbocycles. The fourth-order valence-corrected chi connectivity index (χ4v) is 2.20. The predicted molar refractivity (Wildman–Crippen MR) is 77.1 cm³/mol. The summed E-state index contributed by atoms with van der Waals surface area (Å²) in [5, 5.41) is 0. The SMILES string of the molecule is COc1cc(C)c(C(=O)c2cccc(C)c2)cc1C. The first-order valence-corrected chi connectivity index (χ1v) is 6.29. The molecule has 0 heterocycles. The van der Waals surface area contributed by atoms with E-state index in [4.69, 9.17) is 4.74 Å². The zero-order valence-electron chi connectivity index (χ0n) is 11.8. The Kier molecular flexibility index (Phi) is 3.70. The Morgan fingerprint density at radius 3 is 2.37 bits per heavy atom. The van der Waals surface area contributed by atoms with Crippen LogP contribution in [0.4, 0.5) is 0 Å². The van der Waals surface area contributed by atoms with Gasteiger partial charge in [0.2, 0.25) is 0 Å². The van der Waals surface area contributed by atoms with Crippen molar-refractivity contribution in [3.05, 3.63) is 64.2 Å². The lowest BCUT2D eigenvalue weighted by Gasteiger charge is -2.11. The van der Waals surface area contributed by atoms with Gasteiger partial charge in [0.05, 0.1) is 7.11 Å². The van der Waals surface area contributed by atoms with Crippen LogP contribution in [-0.2, 0) is 0 Å². The van der Waals surface area contributed by atoms with Gasteiger partial charge in [0.25, 0.3) is 0 Å². The highest BCUT2D eigenvalue weighted by molar-refractivity contribution is 6.10. The van der Waals surface area contributed by atoms with Crippen LogP contribution in [0.3, 0.4) is 0 Å². The lowest BCUT2D eigenvalue weighted by Crippen LogP contribution is -2.05.